The molecule has 1 aromatic carbocycles. The van der Waals surface area contributed by atoms with Crippen LogP contribution < -0.4 is 0 Å². The summed E-state index contributed by atoms with van der Waals surface area (Å²) >= 11 is 12.0. The Bertz CT molecular complexity index is 790. The molecule has 29 heavy (non-hydrogen) atoms. The van der Waals surface area contributed by atoms with Crippen LogP contribution in [0.5, 0.6) is 0 Å². The molecule has 0 spiro atoms. The third-order valence-corrected chi connectivity index (χ3v) is 6.27. The molecule has 1 N–H and O–H groups in total. The highest BCUT2D eigenvalue weighted by Gasteiger charge is 2.35. The second-order valence-electron chi connectivity index (χ2n) is 7.83. The summed E-state index contributed by atoms with van der Waals surface area (Å²) in [5, 5.41) is 1.04. The van der Waals surface area contributed by atoms with Crippen LogP contribution in [0.1, 0.15) is 44.1 Å². The van der Waals surface area contributed by atoms with Gasteiger partial charge in [0, 0.05) is 19.1 Å². The van der Waals surface area contributed by atoms with Crippen LogP contribution >= 0.6 is 23.2 Å². The average Bonchev–Trinajstić information content (AvgIpc) is 3.17. The van der Waals surface area contributed by atoms with Crippen molar-refractivity contribution in [2.45, 2.75) is 57.0 Å². The minimum Gasteiger partial charge on any atom is -0.341 e. The predicted molar refractivity (Wildman–Crippen MR) is 117 cm³/mol. The molecule has 6 nitrogen and oxygen atoms in total. The largest absolute Gasteiger partial charge is 0.341 e. The third kappa shape index (κ3) is 8.06. The number of nitrogens with zero attached hydrogens (tertiary/aromatic N) is 2. The first kappa shape index (κ1) is 24.4. The van der Waals surface area contributed by atoms with Crippen LogP contribution in [0.25, 0.3) is 0 Å². The molecule has 1 aromatic rings. The fourth-order valence-electron chi connectivity index (χ4n) is 4.18. The Balaban J connectivity index is 0.000000537. The van der Waals surface area contributed by atoms with Crippen molar-refractivity contribution in [1.29, 1.82) is 0 Å². The van der Waals surface area contributed by atoms with Crippen molar-refractivity contribution < 1.29 is 17.8 Å². The molecule has 0 radical (unpaired) electrons. The lowest BCUT2D eigenvalue weighted by Gasteiger charge is -2.42. The van der Waals surface area contributed by atoms with E-state index in [1.165, 1.54) is 45.2 Å². The topological polar surface area (TPSA) is 77.9 Å². The monoisotopic (exact) mass is 464 g/mol. The van der Waals surface area contributed by atoms with Crippen LogP contribution in [-0.4, -0.2) is 67.2 Å². The van der Waals surface area contributed by atoms with Gasteiger partial charge in [0.1, 0.15) is 0 Å². The van der Waals surface area contributed by atoms with Crippen molar-refractivity contribution in [2.24, 2.45) is 0 Å². The fraction of sp³-hybridized carbons (Fsp3) is 0.650. The predicted octanol–water partition coefficient (Wildman–Crippen LogP) is 3.91. The number of carbonyl (C=O) groups excluding carboxylic acids is 1. The van der Waals surface area contributed by atoms with Crippen LogP contribution in [0, 0.1) is 0 Å². The van der Waals surface area contributed by atoms with Crippen LogP contribution in [-0.2, 0) is 21.3 Å². The van der Waals surface area contributed by atoms with Crippen molar-refractivity contribution in [3.63, 3.8) is 0 Å². The molecule has 1 saturated carbocycles. The molecule has 2 aliphatic rings. The van der Waals surface area contributed by atoms with Gasteiger partial charge < -0.3 is 4.90 Å². The lowest BCUT2D eigenvalue weighted by atomic mass is 9.88. The van der Waals surface area contributed by atoms with Gasteiger partial charge in [-0.25, -0.2) is 0 Å². The highest BCUT2D eigenvalue weighted by molar-refractivity contribution is 7.85. The molecule has 1 aliphatic heterocycles. The number of carbonyl (C=O) groups is 1. The van der Waals surface area contributed by atoms with Gasteiger partial charge in [-0.3, -0.25) is 14.2 Å². The first-order valence-electron chi connectivity index (χ1n) is 9.92. The van der Waals surface area contributed by atoms with Crippen LogP contribution in [0.15, 0.2) is 18.2 Å². The normalized spacial score (nSPS) is 22.7. The van der Waals surface area contributed by atoms with E-state index in [1.807, 2.05) is 18.0 Å². The van der Waals surface area contributed by atoms with Gasteiger partial charge >= 0.3 is 0 Å². The third-order valence-electron chi connectivity index (χ3n) is 5.53. The van der Waals surface area contributed by atoms with E-state index >= 15 is 0 Å². The van der Waals surface area contributed by atoms with Gasteiger partial charge in [-0.15, -0.1) is 0 Å². The molecule has 0 bridgehead atoms. The molecular weight excluding hydrogens is 435 g/mol. The second-order valence-corrected chi connectivity index (χ2v) is 10.1. The highest BCUT2D eigenvalue weighted by atomic mass is 35.5. The zero-order valence-corrected chi connectivity index (χ0v) is 19.3. The Morgan fingerprint density at radius 3 is 2.31 bits per heavy atom. The molecule has 1 unspecified atom stereocenters. The zero-order chi connectivity index (χ0) is 21.6. The van der Waals surface area contributed by atoms with Crippen LogP contribution in [0.4, 0.5) is 0 Å². The Labute approximate surface area is 183 Å². The summed E-state index contributed by atoms with van der Waals surface area (Å²) in [6.45, 7) is 2.38. The smallest absolute Gasteiger partial charge is 0.261 e. The number of likely N-dealkylation sites (tertiary alicyclic amines) is 1. The summed E-state index contributed by atoms with van der Waals surface area (Å²) in [5.74, 6) is 0.171. The molecule has 1 amide bonds. The highest BCUT2D eigenvalue weighted by Crippen LogP contribution is 2.29. The summed E-state index contributed by atoms with van der Waals surface area (Å²) < 4.78 is 25.9. The van der Waals surface area contributed by atoms with E-state index in [2.05, 4.69) is 4.90 Å². The first-order chi connectivity index (χ1) is 13.6. The number of rotatable bonds is 4. The summed E-state index contributed by atoms with van der Waals surface area (Å²) in [6, 6.07) is 6.32. The van der Waals surface area contributed by atoms with Crippen molar-refractivity contribution in [2.75, 3.05) is 26.4 Å². The summed E-state index contributed by atoms with van der Waals surface area (Å²) in [4.78, 5) is 17.4. The van der Waals surface area contributed by atoms with Gasteiger partial charge in [0.15, 0.2) is 0 Å². The summed E-state index contributed by atoms with van der Waals surface area (Å²) in [7, 11) is -1.70. The van der Waals surface area contributed by atoms with E-state index < -0.39 is 10.1 Å². The Hall–Kier alpha value is -0.860. The maximum Gasteiger partial charge on any atom is 0.261 e. The first-order valence-corrected chi connectivity index (χ1v) is 12.5. The Morgan fingerprint density at radius 1 is 1.14 bits per heavy atom. The molecule has 1 aliphatic carbocycles. The number of benzene rings is 1. The van der Waals surface area contributed by atoms with Crippen LogP contribution in [0.2, 0.25) is 10.0 Å². The fourth-order valence-corrected chi connectivity index (χ4v) is 4.50. The molecule has 9 heteroatoms. The zero-order valence-electron chi connectivity index (χ0n) is 17.0. The maximum atomic E-state index is 12.8. The molecular formula is C20H30Cl2N2O4S. The van der Waals surface area contributed by atoms with E-state index in [0.717, 1.165) is 12.0 Å². The van der Waals surface area contributed by atoms with Crippen molar-refractivity contribution in [3.8, 4) is 0 Å². The number of hydrogen-bond donors (Lipinski definition) is 1. The maximum absolute atomic E-state index is 12.8. The number of likely N-dealkylation sites (N-methyl/N-ethyl adjacent to an activating group) is 1. The molecule has 0 aromatic heterocycles. The van der Waals surface area contributed by atoms with Gasteiger partial charge in [0.05, 0.1) is 22.7 Å². The van der Waals surface area contributed by atoms with Crippen LogP contribution in [0.3, 0.4) is 0 Å². The van der Waals surface area contributed by atoms with Gasteiger partial charge in [0.2, 0.25) is 5.91 Å². The van der Waals surface area contributed by atoms with Gasteiger partial charge in [-0.1, -0.05) is 42.1 Å². The number of halogens is 2. The minimum absolute atomic E-state index is 0.171. The standard InChI is InChI=1S/C19H26Cl2N2O.CH4O3S/c1-22(19(24)13-14-8-9-15(20)16(21)12-14)17-6-2-3-7-18(17)23-10-4-5-11-23;1-5(2,3)4/h8-9,12,17-18H,2-7,10-11,13H2,1H3;1H3,(H,2,3,4)/t17?,18-;/m1./s1. The average molecular weight is 465 g/mol. The molecule has 1 saturated heterocycles. The second kappa shape index (κ2) is 11.0. The number of amides is 1. The summed E-state index contributed by atoms with van der Waals surface area (Å²) in [5.41, 5.74) is 0.926. The van der Waals surface area contributed by atoms with Gasteiger partial charge in [-0.05, 0) is 56.5 Å². The SMILES string of the molecule is CN(C(=O)Cc1ccc(Cl)c(Cl)c1)C1CCCC[C@H]1N1CCCC1.CS(=O)(=O)O. The molecule has 1 heterocycles. The quantitative estimate of drug-likeness (QED) is 0.683. The molecule has 164 valence electrons. The van der Waals surface area contributed by atoms with Crippen molar-refractivity contribution >= 4 is 39.2 Å². The molecule has 2 atom stereocenters. The van der Waals surface area contributed by atoms with E-state index in [1.54, 1.807) is 12.1 Å². The minimum atomic E-state index is -3.67. The Kier molecular flexibility index (Phi) is 9.22. The van der Waals surface area contributed by atoms with E-state index in [4.69, 9.17) is 27.8 Å². The van der Waals surface area contributed by atoms with E-state index in [0.29, 0.717) is 34.8 Å². The van der Waals surface area contributed by atoms with Crippen molar-refractivity contribution in [3.05, 3.63) is 33.8 Å². The van der Waals surface area contributed by atoms with Crippen molar-refractivity contribution in [1.82, 2.24) is 9.80 Å². The number of hydrogen-bond acceptors (Lipinski definition) is 4. The van der Waals surface area contributed by atoms with E-state index in [9.17, 15) is 13.2 Å². The summed E-state index contributed by atoms with van der Waals surface area (Å²) in [6.07, 6.45) is 8.53. The lowest BCUT2D eigenvalue weighted by molar-refractivity contribution is -0.133. The van der Waals surface area contributed by atoms with Gasteiger partial charge in [0.25, 0.3) is 10.1 Å². The van der Waals surface area contributed by atoms with Gasteiger partial charge in [-0.2, -0.15) is 8.42 Å². The Morgan fingerprint density at radius 2 is 1.72 bits per heavy atom. The lowest BCUT2D eigenvalue weighted by Crippen LogP contribution is -2.53. The molecule has 3 rings (SSSR count). The van der Waals surface area contributed by atoms with E-state index in [-0.39, 0.29) is 5.91 Å². The molecule has 2 fully saturated rings.